The van der Waals surface area contributed by atoms with Crippen LogP contribution in [0.3, 0.4) is 0 Å². The van der Waals surface area contributed by atoms with E-state index in [1.54, 1.807) is 6.20 Å². The Balaban J connectivity index is 2.00. The molecule has 3 heteroatoms. The summed E-state index contributed by atoms with van der Waals surface area (Å²) >= 11 is 0. The smallest absolute Gasteiger partial charge is 0.130 e. The summed E-state index contributed by atoms with van der Waals surface area (Å²) in [5, 5.41) is 0. The molecule has 18 heavy (non-hydrogen) atoms. The minimum absolute atomic E-state index is 0.0529. The first kappa shape index (κ1) is 12.6. The molecule has 2 N–H and O–H groups in total. The van der Waals surface area contributed by atoms with Gasteiger partial charge in [-0.2, -0.15) is 0 Å². The van der Waals surface area contributed by atoms with Gasteiger partial charge in [0.2, 0.25) is 0 Å². The molecule has 0 unspecified atom stereocenters. The van der Waals surface area contributed by atoms with Crippen LogP contribution in [0.1, 0.15) is 29.8 Å². The van der Waals surface area contributed by atoms with Gasteiger partial charge < -0.3 is 10.5 Å². The third kappa shape index (κ3) is 3.08. The molecule has 0 aliphatic rings. The molecule has 0 amide bonds. The van der Waals surface area contributed by atoms with Crippen molar-refractivity contribution < 1.29 is 4.74 Å². The van der Waals surface area contributed by atoms with Crippen molar-refractivity contribution in [3.8, 4) is 5.75 Å². The van der Waals surface area contributed by atoms with Gasteiger partial charge in [-0.15, -0.1) is 0 Å². The number of aromatic nitrogens is 1. The van der Waals surface area contributed by atoms with Crippen LogP contribution in [0.15, 0.2) is 42.6 Å². The Kier molecular flexibility index (Phi) is 3.95. The number of benzene rings is 1. The van der Waals surface area contributed by atoms with E-state index >= 15 is 0 Å². The second-order valence-electron chi connectivity index (χ2n) is 4.41. The van der Waals surface area contributed by atoms with Crippen molar-refractivity contribution in [2.75, 3.05) is 0 Å². The molecule has 1 heterocycles. The Bertz CT molecular complexity index is 506. The summed E-state index contributed by atoms with van der Waals surface area (Å²) in [5.74, 6) is 0.837. The van der Waals surface area contributed by atoms with E-state index < -0.39 is 0 Å². The van der Waals surface area contributed by atoms with Crippen LogP contribution in [-0.2, 0) is 6.61 Å². The SMILES string of the molecule is Cc1cccnc1COc1ccc([C@H](C)N)cc1. The molecule has 3 nitrogen and oxygen atoms in total. The van der Waals surface area contributed by atoms with Crippen molar-refractivity contribution in [1.29, 1.82) is 0 Å². The summed E-state index contributed by atoms with van der Waals surface area (Å²) in [7, 11) is 0. The van der Waals surface area contributed by atoms with Crippen LogP contribution in [0.4, 0.5) is 0 Å². The number of hydrogen-bond donors (Lipinski definition) is 1. The van der Waals surface area contributed by atoms with Crippen molar-refractivity contribution in [3.63, 3.8) is 0 Å². The molecule has 1 aromatic carbocycles. The van der Waals surface area contributed by atoms with Gasteiger partial charge in [0, 0.05) is 12.2 Å². The van der Waals surface area contributed by atoms with E-state index in [1.807, 2.05) is 50.2 Å². The molecule has 0 saturated carbocycles. The largest absolute Gasteiger partial charge is 0.487 e. The summed E-state index contributed by atoms with van der Waals surface area (Å²) in [6.07, 6.45) is 1.78. The Morgan fingerprint density at radius 3 is 2.56 bits per heavy atom. The van der Waals surface area contributed by atoms with Crippen LogP contribution in [0.25, 0.3) is 0 Å². The fourth-order valence-corrected chi connectivity index (χ4v) is 1.69. The first-order chi connectivity index (χ1) is 8.66. The zero-order valence-corrected chi connectivity index (χ0v) is 10.8. The van der Waals surface area contributed by atoms with Crippen molar-refractivity contribution in [1.82, 2.24) is 4.98 Å². The maximum Gasteiger partial charge on any atom is 0.130 e. The van der Waals surface area contributed by atoms with Gasteiger partial charge in [0.15, 0.2) is 0 Å². The lowest BCUT2D eigenvalue weighted by molar-refractivity contribution is 0.300. The van der Waals surface area contributed by atoms with Gasteiger partial charge in [-0.05, 0) is 43.2 Å². The lowest BCUT2D eigenvalue weighted by Gasteiger charge is -2.09. The van der Waals surface area contributed by atoms with Crippen molar-refractivity contribution in [2.24, 2.45) is 5.73 Å². The number of hydrogen-bond acceptors (Lipinski definition) is 3. The molecular formula is C15H18N2O. The molecule has 0 fully saturated rings. The summed E-state index contributed by atoms with van der Waals surface area (Å²) in [6.45, 7) is 4.49. The quantitative estimate of drug-likeness (QED) is 0.896. The highest BCUT2D eigenvalue weighted by atomic mass is 16.5. The van der Waals surface area contributed by atoms with Crippen molar-refractivity contribution in [3.05, 3.63) is 59.4 Å². The standard InChI is InChI=1S/C15H18N2O/c1-11-4-3-9-17-15(11)10-18-14-7-5-13(6-8-14)12(2)16/h3-9,12H,10,16H2,1-2H3/t12-/m0/s1. The molecular weight excluding hydrogens is 224 g/mol. The number of nitrogens with zero attached hydrogens (tertiary/aromatic N) is 1. The first-order valence-electron chi connectivity index (χ1n) is 6.05. The predicted molar refractivity (Wildman–Crippen MR) is 72.4 cm³/mol. The summed E-state index contributed by atoms with van der Waals surface area (Å²) < 4.78 is 5.70. The molecule has 0 aliphatic carbocycles. The van der Waals surface area contributed by atoms with Gasteiger partial charge in [0.25, 0.3) is 0 Å². The Morgan fingerprint density at radius 1 is 1.22 bits per heavy atom. The number of aryl methyl sites for hydroxylation is 1. The molecule has 2 aromatic rings. The molecule has 0 radical (unpaired) electrons. The van der Waals surface area contributed by atoms with Crippen LogP contribution in [0.2, 0.25) is 0 Å². The normalized spacial score (nSPS) is 12.2. The van der Waals surface area contributed by atoms with Gasteiger partial charge in [0.05, 0.1) is 5.69 Å². The van der Waals surface area contributed by atoms with Crippen LogP contribution >= 0.6 is 0 Å². The summed E-state index contributed by atoms with van der Waals surface area (Å²) in [6, 6.07) is 11.9. The van der Waals surface area contributed by atoms with Gasteiger partial charge >= 0.3 is 0 Å². The zero-order chi connectivity index (χ0) is 13.0. The fourth-order valence-electron chi connectivity index (χ4n) is 1.69. The minimum atomic E-state index is 0.0529. The zero-order valence-electron chi connectivity index (χ0n) is 10.8. The maximum absolute atomic E-state index is 5.80. The van der Waals surface area contributed by atoms with E-state index in [0.29, 0.717) is 6.61 Å². The second-order valence-corrected chi connectivity index (χ2v) is 4.41. The molecule has 2 rings (SSSR count). The average molecular weight is 242 g/mol. The molecule has 0 saturated heterocycles. The molecule has 1 aromatic heterocycles. The van der Waals surface area contributed by atoms with Gasteiger partial charge in [-0.1, -0.05) is 18.2 Å². The highest BCUT2D eigenvalue weighted by Crippen LogP contribution is 2.17. The highest BCUT2D eigenvalue weighted by Gasteiger charge is 2.02. The van der Waals surface area contributed by atoms with Gasteiger partial charge in [0.1, 0.15) is 12.4 Å². The number of ether oxygens (including phenoxy) is 1. The van der Waals surface area contributed by atoms with Crippen LogP contribution in [-0.4, -0.2) is 4.98 Å². The van der Waals surface area contributed by atoms with Crippen molar-refractivity contribution >= 4 is 0 Å². The van der Waals surface area contributed by atoms with Gasteiger partial charge in [-0.3, -0.25) is 4.98 Å². The topological polar surface area (TPSA) is 48.1 Å². The van der Waals surface area contributed by atoms with E-state index in [2.05, 4.69) is 4.98 Å². The third-order valence-electron chi connectivity index (χ3n) is 2.90. The second kappa shape index (κ2) is 5.65. The van der Waals surface area contributed by atoms with Gasteiger partial charge in [-0.25, -0.2) is 0 Å². The van der Waals surface area contributed by atoms with E-state index in [1.165, 1.54) is 0 Å². The lowest BCUT2D eigenvalue weighted by Crippen LogP contribution is -2.05. The van der Waals surface area contributed by atoms with Crippen LogP contribution in [0, 0.1) is 6.92 Å². The number of rotatable bonds is 4. The third-order valence-corrected chi connectivity index (χ3v) is 2.90. The first-order valence-corrected chi connectivity index (χ1v) is 6.05. The molecule has 94 valence electrons. The molecule has 0 spiro atoms. The van der Waals surface area contributed by atoms with E-state index in [0.717, 1.165) is 22.6 Å². The average Bonchev–Trinajstić information content (AvgIpc) is 2.38. The monoisotopic (exact) mass is 242 g/mol. The summed E-state index contributed by atoms with van der Waals surface area (Å²) in [5.41, 5.74) is 9.02. The molecule has 1 atom stereocenters. The maximum atomic E-state index is 5.80. The minimum Gasteiger partial charge on any atom is -0.487 e. The van der Waals surface area contributed by atoms with E-state index in [9.17, 15) is 0 Å². The molecule has 0 bridgehead atoms. The Morgan fingerprint density at radius 2 is 1.94 bits per heavy atom. The number of nitrogens with two attached hydrogens (primary N) is 1. The van der Waals surface area contributed by atoms with E-state index in [-0.39, 0.29) is 6.04 Å². The number of pyridine rings is 1. The highest BCUT2D eigenvalue weighted by molar-refractivity contribution is 5.29. The lowest BCUT2D eigenvalue weighted by atomic mass is 10.1. The Labute approximate surface area is 108 Å². The fraction of sp³-hybridized carbons (Fsp3) is 0.267. The van der Waals surface area contributed by atoms with Crippen molar-refractivity contribution in [2.45, 2.75) is 26.5 Å². The van der Waals surface area contributed by atoms with Crippen LogP contribution < -0.4 is 10.5 Å². The Hall–Kier alpha value is -1.87. The summed E-state index contributed by atoms with van der Waals surface area (Å²) in [4.78, 5) is 4.29. The van der Waals surface area contributed by atoms with E-state index in [4.69, 9.17) is 10.5 Å². The van der Waals surface area contributed by atoms with Crippen LogP contribution in [0.5, 0.6) is 5.75 Å². The molecule has 0 aliphatic heterocycles. The predicted octanol–water partition coefficient (Wildman–Crippen LogP) is 2.99.